The first-order chi connectivity index (χ1) is 9.52. The molecule has 0 spiro atoms. The van der Waals surface area contributed by atoms with Crippen molar-refractivity contribution >= 4 is 17.3 Å². The topological polar surface area (TPSA) is 75.5 Å². The third kappa shape index (κ3) is 2.89. The van der Waals surface area contributed by atoms with Gasteiger partial charge in [-0.25, -0.2) is 0 Å². The minimum Gasteiger partial charge on any atom is -0.388 e. The fraction of sp³-hybridized carbons (Fsp3) is 0.500. The first-order valence-electron chi connectivity index (χ1n) is 6.78. The Balaban J connectivity index is 2.30. The van der Waals surface area contributed by atoms with E-state index in [1.165, 1.54) is 6.07 Å². The number of hydrogen-bond acceptors (Lipinski definition) is 4. The lowest BCUT2D eigenvalue weighted by Gasteiger charge is -2.30. The average Bonchev–Trinajstić information content (AvgIpc) is 2.46. The van der Waals surface area contributed by atoms with Crippen LogP contribution in [0, 0.1) is 16.0 Å². The van der Waals surface area contributed by atoms with Crippen LogP contribution in [0.3, 0.4) is 0 Å². The van der Waals surface area contributed by atoms with Gasteiger partial charge in [-0.05, 0) is 30.9 Å². The van der Waals surface area contributed by atoms with Crippen LogP contribution in [0.5, 0.6) is 0 Å². The highest BCUT2D eigenvalue weighted by Crippen LogP contribution is 2.26. The fourth-order valence-corrected chi connectivity index (χ4v) is 2.40. The van der Waals surface area contributed by atoms with Gasteiger partial charge < -0.3 is 10.2 Å². The van der Waals surface area contributed by atoms with Gasteiger partial charge in [-0.1, -0.05) is 6.92 Å². The van der Waals surface area contributed by atoms with Crippen LogP contribution in [0.25, 0.3) is 0 Å². The number of nitrogens with one attached hydrogen (secondary N) is 1. The van der Waals surface area contributed by atoms with Crippen molar-refractivity contribution in [3.05, 3.63) is 33.9 Å². The zero-order chi connectivity index (χ0) is 14.7. The molecule has 1 aromatic rings. The number of piperidine rings is 1. The fourth-order valence-electron chi connectivity index (χ4n) is 2.40. The molecule has 2 rings (SSSR count). The molecule has 0 bridgehead atoms. The molecule has 0 aromatic heterocycles. The molecule has 0 radical (unpaired) electrons. The second-order valence-electron chi connectivity index (χ2n) is 5.21. The predicted molar refractivity (Wildman–Crippen MR) is 76.9 cm³/mol. The molecule has 0 atom stereocenters. The molecular formula is C14H19N3O3. The van der Waals surface area contributed by atoms with E-state index in [1.807, 2.05) is 0 Å². The summed E-state index contributed by atoms with van der Waals surface area (Å²) in [4.78, 5) is 24.8. The maximum atomic E-state index is 12.5. The second-order valence-corrected chi connectivity index (χ2v) is 5.21. The quantitative estimate of drug-likeness (QED) is 0.680. The summed E-state index contributed by atoms with van der Waals surface area (Å²) in [6.07, 6.45) is 1.90. The van der Waals surface area contributed by atoms with Gasteiger partial charge in [0.2, 0.25) is 0 Å². The third-order valence-corrected chi connectivity index (χ3v) is 3.78. The maximum Gasteiger partial charge on any atom is 0.282 e. The molecule has 6 nitrogen and oxygen atoms in total. The molecular weight excluding hydrogens is 258 g/mol. The lowest BCUT2D eigenvalue weighted by molar-refractivity contribution is -0.385. The number of nitrogens with zero attached hydrogens (tertiary/aromatic N) is 2. The standard InChI is InChI=1S/C14H19N3O3/c1-10-5-7-16(8-6-10)14(18)12-9-11(15-2)3-4-13(12)17(19)20/h3-4,9-10,15H,5-8H2,1-2H3. The molecule has 1 fully saturated rings. The van der Waals surface area contributed by atoms with Gasteiger partial charge in [0.15, 0.2) is 0 Å². The van der Waals surface area contributed by atoms with Crippen LogP contribution in [0.2, 0.25) is 0 Å². The first-order valence-corrected chi connectivity index (χ1v) is 6.78. The average molecular weight is 277 g/mol. The van der Waals surface area contributed by atoms with Crippen LogP contribution in [-0.2, 0) is 0 Å². The molecule has 1 heterocycles. The number of benzene rings is 1. The highest BCUT2D eigenvalue weighted by molar-refractivity contribution is 5.99. The van der Waals surface area contributed by atoms with Crippen LogP contribution in [0.15, 0.2) is 18.2 Å². The number of anilines is 1. The van der Waals surface area contributed by atoms with E-state index in [-0.39, 0.29) is 17.2 Å². The van der Waals surface area contributed by atoms with E-state index in [9.17, 15) is 14.9 Å². The molecule has 0 unspecified atom stereocenters. The lowest BCUT2D eigenvalue weighted by Crippen LogP contribution is -2.38. The van der Waals surface area contributed by atoms with Gasteiger partial charge >= 0.3 is 0 Å². The Morgan fingerprint density at radius 2 is 2.05 bits per heavy atom. The summed E-state index contributed by atoms with van der Waals surface area (Å²) in [6, 6.07) is 4.54. The monoisotopic (exact) mass is 277 g/mol. The van der Waals surface area contributed by atoms with Crippen molar-refractivity contribution < 1.29 is 9.72 Å². The van der Waals surface area contributed by atoms with Crippen LogP contribution >= 0.6 is 0 Å². The molecule has 20 heavy (non-hydrogen) atoms. The highest BCUT2D eigenvalue weighted by Gasteiger charge is 2.27. The molecule has 1 N–H and O–H groups in total. The normalized spacial score (nSPS) is 16.0. The Bertz CT molecular complexity index is 522. The van der Waals surface area contributed by atoms with Gasteiger partial charge in [-0.3, -0.25) is 14.9 Å². The van der Waals surface area contributed by atoms with Crippen molar-refractivity contribution in [1.29, 1.82) is 0 Å². The summed E-state index contributed by atoms with van der Waals surface area (Å²) in [6.45, 7) is 3.49. The Morgan fingerprint density at radius 3 is 2.60 bits per heavy atom. The number of nitro groups is 1. The van der Waals surface area contributed by atoms with E-state index in [0.717, 1.165) is 12.8 Å². The van der Waals surface area contributed by atoms with Gasteiger partial charge in [0.25, 0.3) is 11.6 Å². The SMILES string of the molecule is CNc1ccc([N+](=O)[O-])c(C(=O)N2CCC(C)CC2)c1. The van der Waals surface area contributed by atoms with Crippen LogP contribution < -0.4 is 5.32 Å². The van der Waals surface area contributed by atoms with Crippen LogP contribution in [0.4, 0.5) is 11.4 Å². The van der Waals surface area contributed by atoms with Crippen molar-refractivity contribution in [1.82, 2.24) is 4.90 Å². The van der Waals surface area contributed by atoms with Gasteiger partial charge in [0, 0.05) is 31.9 Å². The minimum absolute atomic E-state index is 0.132. The van der Waals surface area contributed by atoms with E-state index >= 15 is 0 Å². The van der Waals surface area contributed by atoms with E-state index < -0.39 is 4.92 Å². The van der Waals surface area contributed by atoms with Crippen molar-refractivity contribution in [3.63, 3.8) is 0 Å². The molecule has 6 heteroatoms. The number of rotatable bonds is 3. The number of carbonyl (C=O) groups excluding carboxylic acids is 1. The van der Waals surface area contributed by atoms with Crippen molar-refractivity contribution in [2.45, 2.75) is 19.8 Å². The van der Waals surface area contributed by atoms with E-state index in [4.69, 9.17) is 0 Å². The molecule has 1 aliphatic heterocycles. The largest absolute Gasteiger partial charge is 0.388 e. The van der Waals surface area contributed by atoms with E-state index in [0.29, 0.717) is 24.7 Å². The molecule has 1 saturated heterocycles. The number of likely N-dealkylation sites (tertiary alicyclic amines) is 1. The van der Waals surface area contributed by atoms with Gasteiger partial charge in [0.1, 0.15) is 5.56 Å². The first kappa shape index (κ1) is 14.3. The minimum atomic E-state index is -0.501. The molecule has 0 saturated carbocycles. The number of amides is 1. The van der Waals surface area contributed by atoms with Gasteiger partial charge in [0.05, 0.1) is 4.92 Å². The Hall–Kier alpha value is -2.11. The zero-order valence-corrected chi connectivity index (χ0v) is 11.8. The van der Waals surface area contributed by atoms with Crippen molar-refractivity contribution in [3.8, 4) is 0 Å². The third-order valence-electron chi connectivity index (χ3n) is 3.78. The maximum absolute atomic E-state index is 12.5. The zero-order valence-electron chi connectivity index (χ0n) is 11.8. The molecule has 1 aromatic carbocycles. The summed E-state index contributed by atoms with van der Waals surface area (Å²) in [7, 11) is 1.72. The lowest BCUT2D eigenvalue weighted by atomic mass is 9.98. The van der Waals surface area contributed by atoms with Crippen molar-refractivity contribution in [2.75, 3.05) is 25.5 Å². The van der Waals surface area contributed by atoms with Gasteiger partial charge in [-0.15, -0.1) is 0 Å². The van der Waals surface area contributed by atoms with Crippen LogP contribution in [-0.4, -0.2) is 35.9 Å². The van der Waals surface area contributed by atoms with E-state index in [1.54, 1.807) is 24.1 Å². The second kappa shape index (κ2) is 5.90. The molecule has 0 aliphatic carbocycles. The smallest absolute Gasteiger partial charge is 0.282 e. The van der Waals surface area contributed by atoms with Gasteiger partial charge in [-0.2, -0.15) is 0 Å². The number of hydrogen-bond donors (Lipinski definition) is 1. The predicted octanol–water partition coefficient (Wildman–Crippen LogP) is 2.51. The number of nitro benzene ring substituents is 1. The van der Waals surface area contributed by atoms with E-state index in [2.05, 4.69) is 12.2 Å². The molecule has 1 amide bonds. The van der Waals surface area contributed by atoms with Crippen molar-refractivity contribution in [2.24, 2.45) is 5.92 Å². The van der Waals surface area contributed by atoms with Crippen LogP contribution in [0.1, 0.15) is 30.1 Å². The summed E-state index contributed by atoms with van der Waals surface area (Å²) in [5.74, 6) is 0.360. The summed E-state index contributed by atoms with van der Waals surface area (Å²) < 4.78 is 0. The Kier molecular flexibility index (Phi) is 4.22. The molecule has 1 aliphatic rings. The summed E-state index contributed by atoms with van der Waals surface area (Å²) in [5.41, 5.74) is 0.730. The Morgan fingerprint density at radius 1 is 1.40 bits per heavy atom. The highest BCUT2D eigenvalue weighted by atomic mass is 16.6. The molecule has 108 valence electrons. The summed E-state index contributed by atoms with van der Waals surface area (Å²) in [5, 5.41) is 14.0. The Labute approximate surface area is 117 Å². The number of carbonyl (C=O) groups is 1. The summed E-state index contributed by atoms with van der Waals surface area (Å²) >= 11 is 0.